The fraction of sp³-hybridized carbons (Fsp3) is 0.474. The maximum absolute atomic E-state index is 5.50. The molecule has 3 heterocycles. The van der Waals surface area contributed by atoms with Crippen molar-refractivity contribution in [1.82, 2.24) is 25.1 Å². The number of aromatic nitrogens is 4. The number of aromatic amines is 1. The second kappa shape index (κ2) is 7.37. The van der Waals surface area contributed by atoms with Gasteiger partial charge in [-0.05, 0) is 44.2 Å². The van der Waals surface area contributed by atoms with Gasteiger partial charge in [-0.2, -0.15) is 5.10 Å². The molecule has 4 rings (SSSR count). The third-order valence-corrected chi connectivity index (χ3v) is 5.19. The number of H-pyrrole nitrogens is 1. The average molecular weight is 352 g/mol. The SMILES string of the molecule is CO[C@@H]1CC[C@H](CN2C=C(c3ccc(-c4ncn[nH]4)nc3C)N=CC2)C1. The number of pyridine rings is 1. The zero-order chi connectivity index (χ0) is 17.9. The molecule has 7 heteroatoms. The third-order valence-electron chi connectivity index (χ3n) is 5.19. The van der Waals surface area contributed by atoms with Crippen molar-refractivity contribution >= 4 is 11.9 Å². The molecular formula is C19H24N6O. The van der Waals surface area contributed by atoms with Crippen LogP contribution < -0.4 is 0 Å². The summed E-state index contributed by atoms with van der Waals surface area (Å²) in [6.45, 7) is 3.92. The van der Waals surface area contributed by atoms with Crippen LogP contribution in [-0.4, -0.2) is 57.6 Å². The van der Waals surface area contributed by atoms with Crippen molar-refractivity contribution in [3.63, 3.8) is 0 Å². The summed E-state index contributed by atoms with van der Waals surface area (Å²) >= 11 is 0. The predicted octanol–water partition coefficient (Wildman–Crippen LogP) is 2.68. The van der Waals surface area contributed by atoms with Crippen LogP contribution in [0.5, 0.6) is 0 Å². The minimum Gasteiger partial charge on any atom is -0.381 e. The summed E-state index contributed by atoms with van der Waals surface area (Å²) in [7, 11) is 1.82. The maximum atomic E-state index is 5.50. The van der Waals surface area contributed by atoms with E-state index in [9.17, 15) is 0 Å². The van der Waals surface area contributed by atoms with E-state index in [1.165, 1.54) is 19.2 Å². The molecule has 0 aromatic carbocycles. The highest BCUT2D eigenvalue weighted by Crippen LogP contribution is 2.30. The van der Waals surface area contributed by atoms with Gasteiger partial charge in [-0.15, -0.1) is 0 Å². The lowest BCUT2D eigenvalue weighted by Crippen LogP contribution is -2.28. The van der Waals surface area contributed by atoms with E-state index >= 15 is 0 Å². The van der Waals surface area contributed by atoms with Crippen molar-refractivity contribution < 1.29 is 4.74 Å². The van der Waals surface area contributed by atoms with E-state index in [1.807, 2.05) is 26.3 Å². The Bertz CT molecular complexity index is 813. The molecule has 0 saturated heterocycles. The molecule has 0 spiro atoms. The number of hydrogen-bond acceptors (Lipinski definition) is 6. The van der Waals surface area contributed by atoms with Gasteiger partial charge in [-0.3, -0.25) is 10.1 Å². The molecule has 1 aliphatic heterocycles. The Morgan fingerprint density at radius 2 is 2.23 bits per heavy atom. The summed E-state index contributed by atoms with van der Waals surface area (Å²) in [5, 5.41) is 6.73. The Hall–Kier alpha value is -2.54. The standard InChI is InChI=1S/C19H24N6O/c1-13-16(5-6-17(23-13)19-21-12-22-24-19)18-11-25(8-7-20-18)10-14-3-4-15(9-14)26-2/h5-7,11-12,14-15H,3-4,8-10H2,1-2H3,(H,21,22,24)/t14-,15+/m0/s1. The molecule has 1 fully saturated rings. The molecule has 0 unspecified atom stereocenters. The quantitative estimate of drug-likeness (QED) is 0.895. The van der Waals surface area contributed by atoms with E-state index in [1.54, 1.807) is 0 Å². The first kappa shape index (κ1) is 16.9. The number of hydrogen-bond donors (Lipinski definition) is 1. The Labute approximate surface area is 153 Å². The third kappa shape index (κ3) is 3.53. The molecule has 2 aliphatic rings. The van der Waals surface area contributed by atoms with Gasteiger partial charge in [0.2, 0.25) is 0 Å². The molecule has 26 heavy (non-hydrogen) atoms. The van der Waals surface area contributed by atoms with Crippen molar-refractivity contribution in [2.75, 3.05) is 20.2 Å². The van der Waals surface area contributed by atoms with Crippen LogP contribution in [0.4, 0.5) is 0 Å². The van der Waals surface area contributed by atoms with E-state index in [2.05, 4.69) is 42.3 Å². The summed E-state index contributed by atoms with van der Waals surface area (Å²) in [6.07, 6.45) is 9.63. The smallest absolute Gasteiger partial charge is 0.174 e. The van der Waals surface area contributed by atoms with Gasteiger partial charge in [0.15, 0.2) is 5.82 Å². The molecule has 2 aromatic rings. The molecule has 7 nitrogen and oxygen atoms in total. The monoisotopic (exact) mass is 352 g/mol. The lowest BCUT2D eigenvalue weighted by Gasteiger charge is -2.26. The molecule has 0 radical (unpaired) electrons. The second-order valence-electron chi connectivity index (χ2n) is 6.98. The van der Waals surface area contributed by atoms with Crippen LogP contribution >= 0.6 is 0 Å². The molecule has 1 saturated carbocycles. The van der Waals surface area contributed by atoms with Gasteiger partial charge < -0.3 is 9.64 Å². The maximum Gasteiger partial charge on any atom is 0.174 e. The molecule has 1 aliphatic carbocycles. The van der Waals surface area contributed by atoms with Crippen LogP contribution in [0, 0.1) is 12.8 Å². The van der Waals surface area contributed by atoms with Gasteiger partial charge in [0.05, 0.1) is 18.3 Å². The Morgan fingerprint density at radius 1 is 1.31 bits per heavy atom. The van der Waals surface area contributed by atoms with Crippen molar-refractivity contribution in [2.24, 2.45) is 10.9 Å². The first-order chi connectivity index (χ1) is 12.7. The highest BCUT2D eigenvalue weighted by atomic mass is 16.5. The van der Waals surface area contributed by atoms with Crippen LogP contribution in [0.3, 0.4) is 0 Å². The molecule has 136 valence electrons. The first-order valence-corrected chi connectivity index (χ1v) is 9.08. The minimum absolute atomic E-state index is 0.428. The number of methoxy groups -OCH3 is 1. The number of nitrogens with one attached hydrogen (secondary N) is 1. The van der Waals surface area contributed by atoms with E-state index < -0.39 is 0 Å². The van der Waals surface area contributed by atoms with Gasteiger partial charge in [0.25, 0.3) is 0 Å². The van der Waals surface area contributed by atoms with E-state index in [-0.39, 0.29) is 0 Å². The van der Waals surface area contributed by atoms with E-state index in [0.717, 1.165) is 42.2 Å². The van der Waals surface area contributed by atoms with Crippen LogP contribution in [0.1, 0.15) is 30.5 Å². The molecule has 2 atom stereocenters. The zero-order valence-corrected chi connectivity index (χ0v) is 15.2. The highest BCUT2D eigenvalue weighted by molar-refractivity contribution is 5.78. The molecule has 1 N–H and O–H groups in total. The minimum atomic E-state index is 0.428. The lowest BCUT2D eigenvalue weighted by atomic mass is 10.1. The number of rotatable bonds is 5. The van der Waals surface area contributed by atoms with Gasteiger partial charge in [-0.25, -0.2) is 9.97 Å². The van der Waals surface area contributed by atoms with Gasteiger partial charge in [0.1, 0.15) is 12.0 Å². The zero-order valence-electron chi connectivity index (χ0n) is 15.2. The van der Waals surface area contributed by atoms with Gasteiger partial charge >= 0.3 is 0 Å². The fourth-order valence-electron chi connectivity index (χ4n) is 3.80. The number of nitrogens with zero attached hydrogens (tertiary/aromatic N) is 5. The topological polar surface area (TPSA) is 79.3 Å². The summed E-state index contributed by atoms with van der Waals surface area (Å²) in [4.78, 5) is 15.8. The summed E-state index contributed by atoms with van der Waals surface area (Å²) < 4.78 is 5.50. The Balaban J connectivity index is 1.50. The fourth-order valence-corrected chi connectivity index (χ4v) is 3.80. The summed E-state index contributed by atoms with van der Waals surface area (Å²) in [6, 6.07) is 4.02. The Morgan fingerprint density at radius 3 is 2.96 bits per heavy atom. The van der Waals surface area contributed by atoms with Crippen molar-refractivity contribution in [3.05, 3.63) is 35.9 Å². The Kier molecular flexibility index (Phi) is 4.79. The van der Waals surface area contributed by atoms with E-state index in [0.29, 0.717) is 17.8 Å². The first-order valence-electron chi connectivity index (χ1n) is 9.08. The number of aryl methyl sites for hydroxylation is 1. The normalized spacial score (nSPS) is 22.7. The molecular weight excluding hydrogens is 328 g/mol. The van der Waals surface area contributed by atoms with Crippen molar-refractivity contribution in [2.45, 2.75) is 32.3 Å². The van der Waals surface area contributed by atoms with Crippen LogP contribution in [0.2, 0.25) is 0 Å². The molecule has 2 aromatic heterocycles. The highest BCUT2D eigenvalue weighted by Gasteiger charge is 2.26. The summed E-state index contributed by atoms with van der Waals surface area (Å²) in [5.41, 5.74) is 3.74. The van der Waals surface area contributed by atoms with Gasteiger partial charge in [0, 0.05) is 37.3 Å². The van der Waals surface area contributed by atoms with Crippen molar-refractivity contribution in [3.8, 4) is 11.5 Å². The van der Waals surface area contributed by atoms with Gasteiger partial charge in [-0.1, -0.05) is 0 Å². The number of aliphatic imine (C=N–C) groups is 1. The predicted molar refractivity (Wildman–Crippen MR) is 101 cm³/mol. The van der Waals surface area contributed by atoms with Crippen molar-refractivity contribution in [1.29, 1.82) is 0 Å². The average Bonchev–Trinajstić information content (AvgIpc) is 3.34. The van der Waals surface area contributed by atoms with Crippen LogP contribution in [0.15, 0.2) is 29.7 Å². The second-order valence-corrected chi connectivity index (χ2v) is 6.98. The van der Waals surface area contributed by atoms with Crippen LogP contribution in [0.25, 0.3) is 17.2 Å². The molecule has 0 amide bonds. The largest absolute Gasteiger partial charge is 0.381 e. The summed E-state index contributed by atoms with van der Waals surface area (Å²) in [5.74, 6) is 1.37. The lowest BCUT2D eigenvalue weighted by molar-refractivity contribution is 0.104. The van der Waals surface area contributed by atoms with Crippen LogP contribution in [-0.2, 0) is 4.74 Å². The number of ether oxygens (including phenoxy) is 1. The van der Waals surface area contributed by atoms with E-state index in [4.69, 9.17) is 4.74 Å². The molecule has 0 bridgehead atoms.